The van der Waals surface area contributed by atoms with Crippen LogP contribution in [0.25, 0.3) is 27.7 Å². The molecule has 0 saturated heterocycles. The van der Waals surface area contributed by atoms with Crippen molar-refractivity contribution in [2.45, 2.75) is 24.5 Å². The Hall–Kier alpha value is -5.05. The normalized spacial score (nSPS) is 12.3. The van der Waals surface area contributed by atoms with E-state index in [2.05, 4.69) is 0 Å². The number of benzene rings is 5. The van der Waals surface area contributed by atoms with E-state index in [4.69, 9.17) is 9.72 Å². The van der Waals surface area contributed by atoms with Crippen molar-refractivity contribution in [1.29, 1.82) is 0 Å². The van der Waals surface area contributed by atoms with E-state index in [0.717, 1.165) is 16.7 Å². The quantitative estimate of drug-likeness (QED) is 0.178. The molecule has 1 atom stereocenters. The Morgan fingerprint density at radius 3 is 2.02 bits per heavy atom. The van der Waals surface area contributed by atoms with Gasteiger partial charge in [0, 0.05) is 7.05 Å². The lowest BCUT2D eigenvalue weighted by molar-refractivity contribution is 0.306. The molecule has 0 spiro atoms. The fraction of sp³-hybridized carbons (Fsp3) is 0.111. The molecule has 0 amide bonds. The number of sulfonamides is 1. The Kier molecular flexibility index (Phi) is 8.11. The van der Waals surface area contributed by atoms with Crippen molar-refractivity contribution in [3.05, 3.63) is 155 Å². The molecule has 6 aromatic rings. The van der Waals surface area contributed by atoms with Gasteiger partial charge in [0.2, 0.25) is 10.0 Å². The molecular weight excluding hydrogens is 570 g/mol. The van der Waals surface area contributed by atoms with Crippen LogP contribution in [0.3, 0.4) is 0 Å². The van der Waals surface area contributed by atoms with Gasteiger partial charge in [-0.1, -0.05) is 84.9 Å². The number of hydrogen-bond donors (Lipinski definition) is 0. The lowest BCUT2D eigenvalue weighted by Gasteiger charge is -2.26. The molecule has 5 aromatic carbocycles. The first kappa shape index (κ1) is 29.0. The maximum atomic E-state index is 13.9. The minimum atomic E-state index is -3.93. The summed E-state index contributed by atoms with van der Waals surface area (Å²) in [5, 5.41) is 0.440. The SMILES string of the molecule is CC(c1nc2ccccc2c(=O)n1-c1ccc(OCc2ccccc2)cc1)N(C)S(=O)(=O)c1ccc(-c2ccccc2)cc1. The van der Waals surface area contributed by atoms with Crippen LogP contribution in [0.5, 0.6) is 5.75 Å². The van der Waals surface area contributed by atoms with Crippen LogP contribution in [0.15, 0.2) is 143 Å². The Balaban J connectivity index is 1.34. The van der Waals surface area contributed by atoms with Gasteiger partial charge < -0.3 is 4.74 Å². The zero-order chi connectivity index (χ0) is 30.7. The highest BCUT2D eigenvalue weighted by Crippen LogP contribution is 2.29. The molecule has 6 rings (SSSR count). The highest BCUT2D eigenvalue weighted by atomic mass is 32.2. The summed E-state index contributed by atoms with van der Waals surface area (Å²) in [5.41, 5.74) is 3.73. The van der Waals surface area contributed by atoms with E-state index >= 15 is 0 Å². The zero-order valence-corrected chi connectivity index (χ0v) is 25.2. The van der Waals surface area contributed by atoms with Crippen molar-refractivity contribution in [1.82, 2.24) is 13.9 Å². The van der Waals surface area contributed by atoms with E-state index in [9.17, 15) is 13.2 Å². The van der Waals surface area contributed by atoms with Crippen molar-refractivity contribution in [2.75, 3.05) is 7.05 Å². The first-order valence-corrected chi connectivity index (χ1v) is 15.7. The van der Waals surface area contributed by atoms with E-state index in [-0.39, 0.29) is 10.5 Å². The zero-order valence-electron chi connectivity index (χ0n) is 24.4. The van der Waals surface area contributed by atoms with Gasteiger partial charge in [-0.25, -0.2) is 13.4 Å². The Morgan fingerprint density at radius 2 is 1.34 bits per heavy atom. The molecule has 44 heavy (non-hydrogen) atoms. The summed E-state index contributed by atoms with van der Waals surface area (Å²) in [6.45, 7) is 2.15. The number of rotatable bonds is 9. The monoisotopic (exact) mass is 601 g/mol. The lowest BCUT2D eigenvalue weighted by atomic mass is 10.1. The van der Waals surface area contributed by atoms with Crippen molar-refractivity contribution in [2.24, 2.45) is 0 Å². The highest BCUT2D eigenvalue weighted by molar-refractivity contribution is 7.89. The molecule has 8 heteroatoms. The molecule has 1 aromatic heterocycles. The van der Waals surface area contributed by atoms with Gasteiger partial charge in [-0.2, -0.15) is 4.31 Å². The fourth-order valence-electron chi connectivity index (χ4n) is 5.10. The molecule has 0 aliphatic heterocycles. The lowest BCUT2D eigenvalue weighted by Crippen LogP contribution is -2.34. The van der Waals surface area contributed by atoms with Crippen molar-refractivity contribution in [3.63, 3.8) is 0 Å². The predicted molar refractivity (Wildman–Crippen MR) is 173 cm³/mol. The number of ether oxygens (including phenoxy) is 1. The second kappa shape index (κ2) is 12.3. The van der Waals surface area contributed by atoms with Gasteiger partial charge in [0.05, 0.1) is 27.5 Å². The Morgan fingerprint density at radius 1 is 0.750 bits per heavy atom. The third kappa shape index (κ3) is 5.77. The molecule has 1 heterocycles. The van der Waals surface area contributed by atoms with Crippen molar-refractivity contribution < 1.29 is 13.2 Å². The molecule has 1 unspecified atom stereocenters. The molecular formula is C36H31N3O4S. The van der Waals surface area contributed by atoms with Gasteiger partial charge in [-0.3, -0.25) is 9.36 Å². The minimum Gasteiger partial charge on any atom is -0.489 e. The topological polar surface area (TPSA) is 81.5 Å². The maximum Gasteiger partial charge on any atom is 0.266 e. The number of nitrogens with zero attached hydrogens (tertiary/aromatic N) is 3. The molecule has 0 N–H and O–H groups in total. The van der Waals surface area contributed by atoms with Gasteiger partial charge >= 0.3 is 0 Å². The molecule has 0 bridgehead atoms. The third-order valence-corrected chi connectivity index (χ3v) is 9.64. The van der Waals surface area contributed by atoms with Crippen molar-refractivity contribution >= 4 is 20.9 Å². The summed E-state index contributed by atoms with van der Waals surface area (Å²) in [7, 11) is -2.42. The Bertz CT molecular complexity index is 2060. The molecule has 7 nitrogen and oxygen atoms in total. The summed E-state index contributed by atoms with van der Waals surface area (Å²) in [4.78, 5) is 18.9. The van der Waals surface area contributed by atoms with E-state index < -0.39 is 16.1 Å². The van der Waals surface area contributed by atoms with Crippen LogP contribution in [0.4, 0.5) is 0 Å². The third-order valence-electron chi connectivity index (χ3n) is 7.70. The van der Waals surface area contributed by atoms with E-state index in [1.807, 2.05) is 60.7 Å². The molecule has 0 fully saturated rings. The number of para-hydroxylation sites is 1. The number of fused-ring (bicyclic) bond motifs is 1. The molecule has 0 saturated carbocycles. The number of aromatic nitrogens is 2. The van der Waals surface area contributed by atoms with Crippen LogP contribution in [0.2, 0.25) is 0 Å². The van der Waals surface area contributed by atoms with Crippen LogP contribution in [-0.2, 0) is 16.6 Å². The van der Waals surface area contributed by atoms with Crippen molar-refractivity contribution in [3.8, 4) is 22.6 Å². The summed E-state index contributed by atoms with van der Waals surface area (Å²) in [6, 6.07) is 39.9. The average molecular weight is 602 g/mol. The van der Waals surface area contributed by atoms with Gasteiger partial charge in [0.25, 0.3) is 5.56 Å². The van der Waals surface area contributed by atoms with Crippen LogP contribution in [-0.4, -0.2) is 29.3 Å². The van der Waals surface area contributed by atoms with E-state index in [0.29, 0.717) is 34.8 Å². The molecule has 0 radical (unpaired) electrons. The summed E-state index contributed by atoms with van der Waals surface area (Å²) in [5.74, 6) is 0.950. The first-order valence-electron chi connectivity index (χ1n) is 14.3. The molecule has 0 aliphatic rings. The van der Waals surface area contributed by atoms with Crippen LogP contribution < -0.4 is 10.3 Å². The molecule has 220 valence electrons. The largest absolute Gasteiger partial charge is 0.489 e. The smallest absolute Gasteiger partial charge is 0.266 e. The Labute approximate surface area is 256 Å². The second-order valence-electron chi connectivity index (χ2n) is 10.5. The van der Waals surface area contributed by atoms with Gasteiger partial charge in [0.15, 0.2) is 0 Å². The van der Waals surface area contributed by atoms with E-state index in [1.54, 1.807) is 79.7 Å². The highest BCUT2D eigenvalue weighted by Gasteiger charge is 2.30. The predicted octanol–water partition coefficient (Wildman–Crippen LogP) is 7.01. The van der Waals surface area contributed by atoms with Crippen LogP contribution >= 0.6 is 0 Å². The standard InChI is InChI=1S/C36H31N3O4S/c1-26(38(2)44(41,42)32-23-17-29(18-24-32)28-13-7-4-8-14-28)35-37-34-16-10-9-15-33(34)36(40)39(35)30-19-21-31(22-20-30)43-25-27-11-5-3-6-12-27/h3-24,26H,25H2,1-2H3. The summed E-state index contributed by atoms with van der Waals surface area (Å²) >= 11 is 0. The maximum absolute atomic E-state index is 13.9. The van der Waals surface area contributed by atoms with Gasteiger partial charge in [-0.05, 0) is 72.1 Å². The average Bonchev–Trinajstić information content (AvgIpc) is 3.08. The van der Waals surface area contributed by atoms with Crippen LogP contribution in [0, 0.1) is 0 Å². The fourth-order valence-corrected chi connectivity index (χ4v) is 6.42. The summed E-state index contributed by atoms with van der Waals surface area (Å²) in [6.07, 6.45) is 0. The molecule has 0 aliphatic carbocycles. The van der Waals surface area contributed by atoms with Crippen LogP contribution in [0.1, 0.15) is 24.4 Å². The van der Waals surface area contributed by atoms with Gasteiger partial charge in [0.1, 0.15) is 18.2 Å². The number of hydrogen-bond acceptors (Lipinski definition) is 5. The summed E-state index contributed by atoms with van der Waals surface area (Å²) < 4.78 is 36.3. The van der Waals surface area contributed by atoms with E-state index in [1.165, 1.54) is 15.9 Å². The second-order valence-corrected chi connectivity index (χ2v) is 12.5. The minimum absolute atomic E-state index is 0.154. The first-order chi connectivity index (χ1) is 21.3. The van der Waals surface area contributed by atoms with Gasteiger partial charge in [-0.15, -0.1) is 0 Å².